The van der Waals surface area contributed by atoms with Crippen molar-refractivity contribution in [1.82, 2.24) is 0 Å². The minimum atomic E-state index is -4.63. The first-order valence-electron chi connectivity index (χ1n) is 4.34. The third kappa shape index (κ3) is 2.73. The van der Waals surface area contributed by atoms with Crippen LogP contribution in [0.25, 0.3) is 0 Å². The fraction of sp³-hybridized carbons (Fsp3) is 0.333. The number of alkyl halides is 3. The third-order valence-electron chi connectivity index (χ3n) is 2.05. The van der Waals surface area contributed by atoms with Crippen molar-refractivity contribution in [3.63, 3.8) is 0 Å². The SMILES string of the molecule is CCc1ccc(C(F)(F)F)cc1S(=O)(=O)O. The van der Waals surface area contributed by atoms with Crippen molar-refractivity contribution in [2.45, 2.75) is 24.4 Å². The van der Waals surface area contributed by atoms with Crippen LogP contribution in [0.15, 0.2) is 23.1 Å². The maximum atomic E-state index is 12.3. The summed E-state index contributed by atoms with van der Waals surface area (Å²) in [4.78, 5) is -0.690. The van der Waals surface area contributed by atoms with E-state index >= 15 is 0 Å². The molecule has 90 valence electrons. The largest absolute Gasteiger partial charge is 0.416 e. The summed E-state index contributed by atoms with van der Waals surface area (Å²) in [6.45, 7) is 1.58. The number of halogens is 3. The van der Waals surface area contributed by atoms with Crippen molar-refractivity contribution in [1.29, 1.82) is 0 Å². The Morgan fingerprint density at radius 1 is 1.31 bits per heavy atom. The Kier molecular flexibility index (Phi) is 3.30. The zero-order chi connectivity index (χ0) is 12.6. The molecule has 0 radical (unpaired) electrons. The van der Waals surface area contributed by atoms with Crippen LogP contribution in [0.4, 0.5) is 13.2 Å². The van der Waals surface area contributed by atoms with Gasteiger partial charge in [0.2, 0.25) is 0 Å². The molecule has 1 rings (SSSR count). The summed E-state index contributed by atoms with van der Waals surface area (Å²) in [5.41, 5.74) is -0.951. The standard InChI is InChI=1S/C9H9F3O3S/c1-2-6-3-4-7(9(10,11)12)5-8(6)16(13,14)15/h3-5H,2H2,1H3,(H,13,14,15). The van der Waals surface area contributed by atoms with Crippen LogP contribution in [0, 0.1) is 0 Å². The Balaban J connectivity index is 3.46. The fourth-order valence-electron chi connectivity index (χ4n) is 1.26. The van der Waals surface area contributed by atoms with E-state index in [0.29, 0.717) is 6.07 Å². The molecule has 0 unspecified atom stereocenters. The van der Waals surface area contributed by atoms with Gasteiger partial charge in [-0.15, -0.1) is 0 Å². The summed E-state index contributed by atoms with van der Waals surface area (Å²) < 4.78 is 67.5. The number of benzene rings is 1. The van der Waals surface area contributed by atoms with Gasteiger partial charge < -0.3 is 0 Å². The Morgan fingerprint density at radius 3 is 2.25 bits per heavy atom. The van der Waals surface area contributed by atoms with Gasteiger partial charge in [0, 0.05) is 0 Å². The molecule has 0 bridgehead atoms. The lowest BCUT2D eigenvalue weighted by atomic mass is 10.1. The monoisotopic (exact) mass is 254 g/mol. The summed E-state index contributed by atoms with van der Waals surface area (Å²) in [6.07, 6.45) is -4.42. The van der Waals surface area contributed by atoms with Gasteiger partial charge in [-0.1, -0.05) is 13.0 Å². The molecule has 0 spiro atoms. The molecule has 1 aromatic rings. The second kappa shape index (κ2) is 4.06. The van der Waals surface area contributed by atoms with Crippen molar-refractivity contribution in [2.24, 2.45) is 0 Å². The maximum Gasteiger partial charge on any atom is 0.416 e. The molecular weight excluding hydrogens is 245 g/mol. The van der Waals surface area contributed by atoms with Crippen molar-refractivity contribution in [2.75, 3.05) is 0 Å². The molecule has 0 aliphatic carbocycles. The van der Waals surface area contributed by atoms with Crippen LogP contribution in [0.1, 0.15) is 18.1 Å². The average Bonchev–Trinajstić information content (AvgIpc) is 2.14. The predicted octanol–water partition coefficient (Wildman–Crippen LogP) is 2.51. The fourth-order valence-corrected chi connectivity index (χ4v) is 2.08. The molecule has 0 saturated heterocycles. The van der Waals surface area contributed by atoms with Gasteiger partial charge in [0.15, 0.2) is 0 Å². The molecule has 7 heteroatoms. The Labute approximate surface area is 90.7 Å². The maximum absolute atomic E-state index is 12.3. The molecule has 16 heavy (non-hydrogen) atoms. The van der Waals surface area contributed by atoms with Gasteiger partial charge >= 0.3 is 6.18 Å². The van der Waals surface area contributed by atoms with Gasteiger partial charge in [0.1, 0.15) is 0 Å². The molecule has 0 saturated carbocycles. The van der Waals surface area contributed by atoms with Crippen molar-refractivity contribution < 1.29 is 26.1 Å². The number of hydrogen-bond donors (Lipinski definition) is 1. The van der Waals surface area contributed by atoms with E-state index in [1.54, 1.807) is 6.92 Å². The Bertz CT molecular complexity index is 491. The molecule has 0 amide bonds. The lowest BCUT2D eigenvalue weighted by molar-refractivity contribution is -0.137. The molecule has 3 nitrogen and oxygen atoms in total. The first-order valence-corrected chi connectivity index (χ1v) is 5.78. The van der Waals surface area contributed by atoms with E-state index in [2.05, 4.69) is 0 Å². The van der Waals surface area contributed by atoms with Crippen LogP contribution in [0.2, 0.25) is 0 Å². The van der Waals surface area contributed by atoms with Crippen LogP contribution in [-0.4, -0.2) is 13.0 Å². The van der Waals surface area contributed by atoms with Crippen molar-refractivity contribution in [3.05, 3.63) is 29.3 Å². The molecule has 0 fully saturated rings. The van der Waals surface area contributed by atoms with Crippen LogP contribution >= 0.6 is 0 Å². The molecule has 0 heterocycles. The lowest BCUT2D eigenvalue weighted by Crippen LogP contribution is -2.09. The summed E-state index contributed by atoms with van der Waals surface area (Å²) in [5, 5.41) is 0. The van der Waals surface area contributed by atoms with Gasteiger partial charge in [0.25, 0.3) is 10.1 Å². The van der Waals surface area contributed by atoms with Crippen LogP contribution in [0.3, 0.4) is 0 Å². The molecule has 0 aliphatic rings. The number of rotatable bonds is 2. The predicted molar refractivity (Wildman–Crippen MR) is 50.6 cm³/mol. The number of aryl methyl sites for hydroxylation is 1. The van der Waals surface area contributed by atoms with E-state index in [4.69, 9.17) is 4.55 Å². The quantitative estimate of drug-likeness (QED) is 0.825. The highest BCUT2D eigenvalue weighted by Gasteiger charge is 2.32. The summed E-state index contributed by atoms with van der Waals surface area (Å²) in [6, 6.07) is 2.27. The lowest BCUT2D eigenvalue weighted by Gasteiger charge is -2.10. The van der Waals surface area contributed by atoms with Crippen molar-refractivity contribution in [3.8, 4) is 0 Å². The normalized spacial score (nSPS) is 12.8. The third-order valence-corrected chi connectivity index (χ3v) is 2.99. The highest BCUT2D eigenvalue weighted by Crippen LogP contribution is 2.31. The van der Waals surface area contributed by atoms with Crippen LogP contribution in [0.5, 0.6) is 0 Å². The summed E-state index contributed by atoms with van der Waals surface area (Å²) >= 11 is 0. The van der Waals surface area contributed by atoms with E-state index in [9.17, 15) is 21.6 Å². The molecular formula is C9H9F3O3S. The second-order valence-electron chi connectivity index (χ2n) is 3.15. The highest BCUT2D eigenvalue weighted by atomic mass is 32.2. The zero-order valence-corrected chi connectivity index (χ0v) is 9.06. The van der Waals surface area contributed by atoms with Crippen LogP contribution < -0.4 is 0 Å². The zero-order valence-electron chi connectivity index (χ0n) is 8.25. The molecule has 0 aromatic heterocycles. The van der Waals surface area contributed by atoms with E-state index in [-0.39, 0.29) is 12.0 Å². The average molecular weight is 254 g/mol. The Morgan fingerprint density at radius 2 is 1.88 bits per heavy atom. The van der Waals surface area contributed by atoms with Gasteiger partial charge in [-0.05, 0) is 24.1 Å². The molecule has 0 aliphatic heterocycles. The first kappa shape index (κ1) is 13.0. The molecule has 0 atom stereocenters. The summed E-state index contributed by atoms with van der Waals surface area (Å²) in [7, 11) is -4.63. The topological polar surface area (TPSA) is 54.4 Å². The minimum absolute atomic E-state index is 0.149. The molecule has 1 aromatic carbocycles. The van der Waals surface area contributed by atoms with E-state index in [0.717, 1.165) is 12.1 Å². The van der Waals surface area contributed by atoms with Gasteiger partial charge in [0.05, 0.1) is 10.5 Å². The Hall–Kier alpha value is -1.08. The van der Waals surface area contributed by atoms with Crippen LogP contribution in [-0.2, 0) is 22.7 Å². The first-order chi connectivity index (χ1) is 7.16. The molecule has 1 N–H and O–H groups in total. The number of hydrogen-bond acceptors (Lipinski definition) is 2. The highest BCUT2D eigenvalue weighted by molar-refractivity contribution is 7.85. The second-order valence-corrected chi connectivity index (χ2v) is 4.54. The van der Waals surface area contributed by atoms with E-state index < -0.39 is 26.8 Å². The van der Waals surface area contributed by atoms with E-state index in [1.165, 1.54) is 0 Å². The minimum Gasteiger partial charge on any atom is -0.282 e. The smallest absolute Gasteiger partial charge is 0.282 e. The van der Waals surface area contributed by atoms with Gasteiger partial charge in [-0.2, -0.15) is 21.6 Å². The van der Waals surface area contributed by atoms with E-state index in [1.807, 2.05) is 0 Å². The van der Waals surface area contributed by atoms with Gasteiger partial charge in [-0.25, -0.2) is 0 Å². The summed E-state index contributed by atoms with van der Waals surface area (Å²) in [5.74, 6) is 0. The van der Waals surface area contributed by atoms with Crippen molar-refractivity contribution >= 4 is 10.1 Å². The van der Waals surface area contributed by atoms with Gasteiger partial charge in [-0.3, -0.25) is 4.55 Å².